The molecule has 1 aromatic carbocycles. The molecule has 1 atom stereocenters. The van der Waals surface area contributed by atoms with E-state index in [0.717, 1.165) is 0 Å². The summed E-state index contributed by atoms with van der Waals surface area (Å²) in [5.74, 6) is -4.51. The maximum atomic E-state index is 13.5. The van der Waals surface area contributed by atoms with Crippen LogP contribution in [0.1, 0.15) is 18.4 Å². The summed E-state index contributed by atoms with van der Waals surface area (Å²) >= 11 is 0. The smallest absolute Gasteiger partial charge is 0.305 e. The van der Waals surface area contributed by atoms with Crippen LogP contribution in [0.3, 0.4) is 0 Å². The Bertz CT molecular complexity index is 352. The fourth-order valence-electron chi connectivity index (χ4n) is 1.37. The van der Waals surface area contributed by atoms with E-state index in [0.29, 0.717) is 0 Å². The molecule has 0 heterocycles. The van der Waals surface area contributed by atoms with E-state index in [4.69, 9.17) is 10.2 Å². The summed E-state index contributed by atoms with van der Waals surface area (Å²) in [7, 11) is 0. The van der Waals surface area contributed by atoms with Crippen LogP contribution < -0.4 is 0 Å². The largest absolute Gasteiger partial charge is 0.481 e. The van der Waals surface area contributed by atoms with Crippen molar-refractivity contribution in [3.05, 3.63) is 35.9 Å². The van der Waals surface area contributed by atoms with Crippen molar-refractivity contribution in [1.82, 2.24) is 0 Å². The zero-order valence-electron chi connectivity index (χ0n) is 8.44. The Morgan fingerprint density at radius 3 is 2.38 bits per heavy atom. The third-order valence-electron chi connectivity index (χ3n) is 2.10. The topological polar surface area (TPSA) is 57.5 Å². The fourth-order valence-corrected chi connectivity index (χ4v) is 1.37. The van der Waals surface area contributed by atoms with Crippen LogP contribution in [0.4, 0.5) is 8.78 Å². The number of aliphatic hydroxyl groups is 1. The van der Waals surface area contributed by atoms with Crippen molar-refractivity contribution in [1.29, 1.82) is 0 Å². The predicted molar refractivity (Wildman–Crippen MR) is 53.2 cm³/mol. The van der Waals surface area contributed by atoms with Crippen molar-refractivity contribution in [3.63, 3.8) is 0 Å². The van der Waals surface area contributed by atoms with Gasteiger partial charge in [0.2, 0.25) is 0 Å². The minimum atomic E-state index is -3.21. The Hall–Kier alpha value is -1.49. The summed E-state index contributed by atoms with van der Waals surface area (Å²) in [5.41, 5.74) is -0.223. The molecule has 16 heavy (non-hydrogen) atoms. The lowest BCUT2D eigenvalue weighted by Crippen LogP contribution is -2.24. The van der Waals surface area contributed by atoms with E-state index in [9.17, 15) is 13.6 Å². The lowest BCUT2D eigenvalue weighted by molar-refractivity contribution is -0.140. The van der Waals surface area contributed by atoms with E-state index in [1.165, 1.54) is 24.3 Å². The highest BCUT2D eigenvalue weighted by atomic mass is 19.3. The molecular formula is C11H12F2O3. The van der Waals surface area contributed by atoms with Gasteiger partial charge in [-0.2, -0.15) is 0 Å². The molecule has 0 aliphatic carbocycles. The first-order valence-electron chi connectivity index (χ1n) is 4.75. The van der Waals surface area contributed by atoms with E-state index in [-0.39, 0.29) is 5.56 Å². The molecule has 1 rings (SSSR count). The molecule has 0 saturated carbocycles. The quantitative estimate of drug-likeness (QED) is 0.813. The number of carboxylic acids is 1. The number of alkyl halides is 2. The molecule has 0 radical (unpaired) electrons. The van der Waals surface area contributed by atoms with Crippen molar-refractivity contribution < 1.29 is 23.8 Å². The van der Waals surface area contributed by atoms with Crippen molar-refractivity contribution in [2.24, 2.45) is 0 Å². The Labute approximate surface area is 91.3 Å². The molecule has 88 valence electrons. The van der Waals surface area contributed by atoms with Crippen LogP contribution in [-0.4, -0.2) is 22.3 Å². The second kappa shape index (κ2) is 5.03. The molecule has 1 unspecified atom stereocenters. The van der Waals surface area contributed by atoms with Crippen molar-refractivity contribution in [2.45, 2.75) is 24.9 Å². The number of aliphatic hydroxyl groups excluding tert-OH is 1. The van der Waals surface area contributed by atoms with Gasteiger partial charge in [0.1, 0.15) is 0 Å². The monoisotopic (exact) mass is 230 g/mol. The minimum Gasteiger partial charge on any atom is -0.481 e. The van der Waals surface area contributed by atoms with Crippen molar-refractivity contribution in [3.8, 4) is 0 Å². The van der Waals surface area contributed by atoms with Gasteiger partial charge in [0.05, 0.1) is 12.5 Å². The van der Waals surface area contributed by atoms with Gasteiger partial charge >= 0.3 is 5.97 Å². The Balaban J connectivity index is 2.68. The van der Waals surface area contributed by atoms with E-state index >= 15 is 0 Å². The van der Waals surface area contributed by atoms with Crippen LogP contribution >= 0.6 is 0 Å². The van der Waals surface area contributed by atoms with Gasteiger partial charge in [0.15, 0.2) is 0 Å². The highest BCUT2D eigenvalue weighted by Gasteiger charge is 2.34. The van der Waals surface area contributed by atoms with Crippen LogP contribution in [0.15, 0.2) is 30.3 Å². The van der Waals surface area contributed by atoms with Crippen LogP contribution in [0, 0.1) is 0 Å². The first-order chi connectivity index (χ1) is 7.42. The second-order valence-electron chi connectivity index (χ2n) is 3.53. The minimum absolute atomic E-state index is 0.223. The molecule has 0 saturated heterocycles. The maximum absolute atomic E-state index is 13.5. The van der Waals surface area contributed by atoms with Gasteiger partial charge in [-0.1, -0.05) is 30.3 Å². The zero-order valence-corrected chi connectivity index (χ0v) is 8.44. The third kappa shape index (κ3) is 3.58. The summed E-state index contributed by atoms with van der Waals surface area (Å²) in [6.07, 6.45) is -3.11. The first-order valence-corrected chi connectivity index (χ1v) is 4.75. The number of halogens is 2. The van der Waals surface area contributed by atoms with Gasteiger partial charge in [-0.05, 0) is 0 Å². The molecule has 3 nitrogen and oxygen atoms in total. The Morgan fingerprint density at radius 1 is 1.31 bits per heavy atom. The highest BCUT2D eigenvalue weighted by Crippen LogP contribution is 2.33. The molecule has 0 amide bonds. The Kier molecular flexibility index (Phi) is 3.95. The van der Waals surface area contributed by atoms with Gasteiger partial charge in [-0.3, -0.25) is 4.79 Å². The van der Waals surface area contributed by atoms with E-state index in [2.05, 4.69) is 0 Å². The van der Waals surface area contributed by atoms with Crippen LogP contribution in [0.2, 0.25) is 0 Å². The Morgan fingerprint density at radius 2 is 1.88 bits per heavy atom. The summed E-state index contributed by atoms with van der Waals surface area (Å²) < 4.78 is 27.0. The van der Waals surface area contributed by atoms with E-state index in [1.807, 2.05) is 0 Å². The van der Waals surface area contributed by atoms with Gasteiger partial charge < -0.3 is 10.2 Å². The molecule has 0 fully saturated rings. The average molecular weight is 230 g/mol. The molecule has 0 bridgehead atoms. The van der Waals surface area contributed by atoms with Gasteiger partial charge in [0, 0.05) is 12.0 Å². The lowest BCUT2D eigenvalue weighted by atomic mass is 10.0. The second-order valence-corrected chi connectivity index (χ2v) is 3.53. The lowest BCUT2D eigenvalue weighted by Gasteiger charge is -2.19. The first kappa shape index (κ1) is 12.6. The zero-order chi connectivity index (χ0) is 12.2. The highest BCUT2D eigenvalue weighted by molar-refractivity contribution is 5.67. The summed E-state index contributed by atoms with van der Waals surface area (Å²) in [4.78, 5) is 10.2. The van der Waals surface area contributed by atoms with Gasteiger partial charge in [0.25, 0.3) is 5.92 Å². The third-order valence-corrected chi connectivity index (χ3v) is 2.10. The number of benzene rings is 1. The van der Waals surface area contributed by atoms with E-state index < -0.39 is 30.8 Å². The average Bonchev–Trinajstić information content (AvgIpc) is 2.16. The predicted octanol–water partition coefficient (Wildman–Crippen LogP) is 2.00. The van der Waals surface area contributed by atoms with E-state index in [1.54, 1.807) is 6.07 Å². The van der Waals surface area contributed by atoms with Crippen molar-refractivity contribution >= 4 is 5.97 Å². The summed E-state index contributed by atoms with van der Waals surface area (Å²) in [5, 5.41) is 17.5. The molecule has 0 aliphatic rings. The molecule has 5 heteroatoms. The fraction of sp³-hybridized carbons (Fsp3) is 0.364. The maximum Gasteiger partial charge on any atom is 0.305 e. The normalized spacial score (nSPS) is 13.4. The number of carbonyl (C=O) groups is 1. The van der Waals surface area contributed by atoms with Gasteiger partial charge in [-0.25, -0.2) is 8.78 Å². The number of carboxylic acid groups (broad SMARTS) is 1. The molecule has 0 aromatic heterocycles. The van der Waals surface area contributed by atoms with Crippen LogP contribution in [0.5, 0.6) is 0 Å². The SMILES string of the molecule is O=C(O)CC(O)CC(F)(F)c1ccccc1. The molecule has 1 aromatic rings. The number of hydrogen-bond donors (Lipinski definition) is 2. The molecule has 0 aliphatic heterocycles. The summed E-state index contributed by atoms with van der Waals surface area (Å²) in [6, 6.07) is 7.02. The van der Waals surface area contributed by atoms with Crippen molar-refractivity contribution in [2.75, 3.05) is 0 Å². The van der Waals surface area contributed by atoms with Gasteiger partial charge in [-0.15, -0.1) is 0 Å². The number of aliphatic carboxylic acids is 1. The standard InChI is InChI=1S/C11H12F2O3/c12-11(13,7-9(14)6-10(15)16)8-4-2-1-3-5-8/h1-5,9,14H,6-7H2,(H,15,16). The number of hydrogen-bond acceptors (Lipinski definition) is 2. The van der Waals surface area contributed by atoms with Crippen LogP contribution in [0.25, 0.3) is 0 Å². The molecule has 0 spiro atoms. The molecular weight excluding hydrogens is 218 g/mol. The summed E-state index contributed by atoms with van der Waals surface area (Å²) in [6.45, 7) is 0. The number of rotatable bonds is 5. The molecule has 2 N–H and O–H groups in total. The van der Waals surface area contributed by atoms with Crippen LogP contribution in [-0.2, 0) is 10.7 Å².